The fraction of sp³-hybridized carbons (Fsp3) is 0.400. The van der Waals surface area contributed by atoms with Crippen LogP contribution in [0.3, 0.4) is 0 Å². The van der Waals surface area contributed by atoms with E-state index in [1.54, 1.807) is 0 Å². The van der Waals surface area contributed by atoms with Crippen LogP contribution in [0, 0.1) is 0 Å². The lowest BCUT2D eigenvalue weighted by Gasteiger charge is -2.09. The SMILES string of the molecule is CCC[C@H](N)c1ccc(Br)cc1. The Bertz CT molecular complexity index is 230. The summed E-state index contributed by atoms with van der Waals surface area (Å²) in [6, 6.07) is 8.41. The molecule has 0 bridgehead atoms. The molecule has 0 radical (unpaired) electrons. The second-order valence-electron chi connectivity index (χ2n) is 2.95. The van der Waals surface area contributed by atoms with Crippen molar-refractivity contribution >= 4 is 15.9 Å². The molecular formula is C10H14BrN. The predicted molar refractivity (Wildman–Crippen MR) is 56.0 cm³/mol. The molecule has 0 aliphatic rings. The van der Waals surface area contributed by atoms with Crippen molar-refractivity contribution in [3.8, 4) is 0 Å². The number of halogens is 1. The Balaban J connectivity index is 2.68. The van der Waals surface area contributed by atoms with Crippen LogP contribution in [0.25, 0.3) is 0 Å². The van der Waals surface area contributed by atoms with Crippen molar-refractivity contribution < 1.29 is 0 Å². The number of nitrogens with two attached hydrogens (primary N) is 1. The van der Waals surface area contributed by atoms with Crippen molar-refractivity contribution in [1.82, 2.24) is 0 Å². The molecule has 2 heteroatoms. The second kappa shape index (κ2) is 4.63. The van der Waals surface area contributed by atoms with E-state index < -0.39 is 0 Å². The molecule has 0 saturated carbocycles. The fourth-order valence-electron chi connectivity index (χ4n) is 1.19. The third-order valence-electron chi connectivity index (χ3n) is 1.90. The van der Waals surface area contributed by atoms with Gasteiger partial charge in [0.15, 0.2) is 0 Å². The molecule has 0 unspecified atom stereocenters. The molecule has 66 valence electrons. The van der Waals surface area contributed by atoms with E-state index in [2.05, 4.69) is 35.0 Å². The molecular weight excluding hydrogens is 214 g/mol. The summed E-state index contributed by atoms with van der Waals surface area (Å²) in [6.07, 6.45) is 2.19. The standard InChI is InChI=1S/C10H14BrN/c1-2-3-10(12)8-4-6-9(11)7-5-8/h4-7,10H,2-3,12H2,1H3/t10-/m0/s1. The van der Waals surface area contributed by atoms with E-state index in [0.29, 0.717) is 0 Å². The van der Waals surface area contributed by atoms with E-state index in [1.807, 2.05) is 12.1 Å². The largest absolute Gasteiger partial charge is 0.324 e. The van der Waals surface area contributed by atoms with Crippen LogP contribution in [-0.2, 0) is 0 Å². The van der Waals surface area contributed by atoms with Gasteiger partial charge in [-0.3, -0.25) is 0 Å². The summed E-state index contributed by atoms with van der Waals surface area (Å²) in [5.74, 6) is 0. The highest BCUT2D eigenvalue weighted by atomic mass is 79.9. The third-order valence-corrected chi connectivity index (χ3v) is 2.43. The van der Waals surface area contributed by atoms with Gasteiger partial charge in [-0.2, -0.15) is 0 Å². The normalized spacial score (nSPS) is 12.9. The van der Waals surface area contributed by atoms with Crippen LogP contribution < -0.4 is 5.73 Å². The summed E-state index contributed by atoms with van der Waals surface area (Å²) in [6.45, 7) is 2.15. The fourth-order valence-corrected chi connectivity index (χ4v) is 1.45. The molecule has 0 aromatic heterocycles. The quantitative estimate of drug-likeness (QED) is 0.844. The lowest BCUT2D eigenvalue weighted by atomic mass is 10.0. The van der Waals surface area contributed by atoms with E-state index in [1.165, 1.54) is 5.56 Å². The number of benzene rings is 1. The van der Waals surface area contributed by atoms with E-state index in [-0.39, 0.29) is 6.04 Å². The van der Waals surface area contributed by atoms with Gasteiger partial charge in [0.2, 0.25) is 0 Å². The van der Waals surface area contributed by atoms with Gasteiger partial charge in [0.25, 0.3) is 0 Å². The molecule has 1 nitrogen and oxygen atoms in total. The zero-order chi connectivity index (χ0) is 8.97. The molecule has 12 heavy (non-hydrogen) atoms. The molecule has 0 saturated heterocycles. The summed E-state index contributed by atoms with van der Waals surface area (Å²) in [5.41, 5.74) is 7.16. The second-order valence-corrected chi connectivity index (χ2v) is 3.86. The third kappa shape index (κ3) is 2.61. The van der Waals surface area contributed by atoms with Gasteiger partial charge in [0.1, 0.15) is 0 Å². The van der Waals surface area contributed by atoms with Crippen LogP contribution in [-0.4, -0.2) is 0 Å². The maximum atomic E-state index is 5.94. The molecule has 0 spiro atoms. The van der Waals surface area contributed by atoms with Gasteiger partial charge in [-0.05, 0) is 24.1 Å². The molecule has 0 fully saturated rings. The van der Waals surface area contributed by atoms with E-state index in [4.69, 9.17) is 5.73 Å². The van der Waals surface area contributed by atoms with E-state index in [9.17, 15) is 0 Å². The highest BCUT2D eigenvalue weighted by molar-refractivity contribution is 9.10. The highest BCUT2D eigenvalue weighted by Gasteiger charge is 2.02. The Morgan fingerprint density at radius 3 is 2.42 bits per heavy atom. The van der Waals surface area contributed by atoms with Gasteiger partial charge in [0, 0.05) is 10.5 Å². The summed E-state index contributed by atoms with van der Waals surface area (Å²) in [7, 11) is 0. The molecule has 1 atom stereocenters. The van der Waals surface area contributed by atoms with Gasteiger partial charge in [-0.1, -0.05) is 41.4 Å². The Hall–Kier alpha value is -0.340. The Morgan fingerprint density at radius 2 is 1.92 bits per heavy atom. The van der Waals surface area contributed by atoms with Crippen LogP contribution in [0.5, 0.6) is 0 Å². The van der Waals surface area contributed by atoms with Gasteiger partial charge in [0.05, 0.1) is 0 Å². The van der Waals surface area contributed by atoms with E-state index in [0.717, 1.165) is 17.3 Å². The molecule has 1 aromatic carbocycles. The van der Waals surface area contributed by atoms with Crippen molar-refractivity contribution in [2.75, 3.05) is 0 Å². The first kappa shape index (κ1) is 9.75. The Labute approximate surface area is 82.1 Å². The molecule has 0 aliphatic heterocycles. The molecule has 0 heterocycles. The molecule has 0 amide bonds. The van der Waals surface area contributed by atoms with Crippen molar-refractivity contribution in [2.24, 2.45) is 5.73 Å². The average Bonchev–Trinajstić information content (AvgIpc) is 2.06. The zero-order valence-electron chi connectivity index (χ0n) is 7.26. The number of rotatable bonds is 3. The first-order valence-electron chi connectivity index (χ1n) is 4.25. The summed E-state index contributed by atoms with van der Waals surface area (Å²) in [4.78, 5) is 0. The van der Waals surface area contributed by atoms with Crippen molar-refractivity contribution in [2.45, 2.75) is 25.8 Å². The molecule has 2 N–H and O–H groups in total. The number of hydrogen-bond acceptors (Lipinski definition) is 1. The summed E-state index contributed by atoms with van der Waals surface area (Å²) in [5, 5.41) is 0. The summed E-state index contributed by atoms with van der Waals surface area (Å²) < 4.78 is 1.11. The Kier molecular flexibility index (Phi) is 3.76. The predicted octanol–water partition coefficient (Wildman–Crippen LogP) is 3.25. The van der Waals surface area contributed by atoms with Crippen molar-refractivity contribution in [1.29, 1.82) is 0 Å². The minimum atomic E-state index is 0.197. The van der Waals surface area contributed by atoms with E-state index >= 15 is 0 Å². The summed E-state index contributed by atoms with van der Waals surface area (Å²) >= 11 is 3.39. The monoisotopic (exact) mass is 227 g/mol. The first-order valence-corrected chi connectivity index (χ1v) is 5.04. The Morgan fingerprint density at radius 1 is 1.33 bits per heavy atom. The minimum Gasteiger partial charge on any atom is -0.324 e. The molecule has 1 aromatic rings. The lowest BCUT2D eigenvalue weighted by Crippen LogP contribution is -2.09. The van der Waals surface area contributed by atoms with Crippen molar-refractivity contribution in [3.05, 3.63) is 34.3 Å². The van der Waals surface area contributed by atoms with Gasteiger partial charge in [-0.15, -0.1) is 0 Å². The van der Waals surface area contributed by atoms with Gasteiger partial charge < -0.3 is 5.73 Å². The highest BCUT2D eigenvalue weighted by Crippen LogP contribution is 2.18. The first-order chi connectivity index (χ1) is 5.74. The lowest BCUT2D eigenvalue weighted by molar-refractivity contribution is 0.638. The maximum Gasteiger partial charge on any atom is 0.0294 e. The average molecular weight is 228 g/mol. The topological polar surface area (TPSA) is 26.0 Å². The smallest absolute Gasteiger partial charge is 0.0294 e. The minimum absolute atomic E-state index is 0.197. The molecule has 0 aliphatic carbocycles. The van der Waals surface area contributed by atoms with Crippen molar-refractivity contribution in [3.63, 3.8) is 0 Å². The van der Waals surface area contributed by atoms with Gasteiger partial charge >= 0.3 is 0 Å². The maximum absolute atomic E-state index is 5.94. The van der Waals surface area contributed by atoms with Crippen LogP contribution in [0.1, 0.15) is 31.4 Å². The van der Waals surface area contributed by atoms with Gasteiger partial charge in [-0.25, -0.2) is 0 Å². The number of hydrogen-bond donors (Lipinski definition) is 1. The van der Waals surface area contributed by atoms with Crippen LogP contribution in [0.4, 0.5) is 0 Å². The van der Waals surface area contributed by atoms with Crippen LogP contribution >= 0.6 is 15.9 Å². The zero-order valence-corrected chi connectivity index (χ0v) is 8.84. The van der Waals surface area contributed by atoms with Crippen LogP contribution in [0.15, 0.2) is 28.7 Å². The van der Waals surface area contributed by atoms with Crippen LogP contribution in [0.2, 0.25) is 0 Å². The molecule has 1 rings (SSSR count).